The van der Waals surface area contributed by atoms with E-state index in [1.165, 1.54) is 29.8 Å². The lowest BCUT2D eigenvalue weighted by atomic mass is 10.1. The Balaban J connectivity index is 1.83. The van der Waals surface area contributed by atoms with Crippen molar-refractivity contribution in [3.05, 3.63) is 71.5 Å². The number of aryl methyl sites for hydroxylation is 1. The molecule has 1 atom stereocenters. The fourth-order valence-electron chi connectivity index (χ4n) is 2.01. The number of nitrogens with one attached hydrogen (secondary N) is 1. The van der Waals surface area contributed by atoms with E-state index in [0.29, 0.717) is 5.56 Å². The normalized spacial score (nSPS) is 11.9. The molecule has 0 aliphatic heterocycles. The second-order valence-electron chi connectivity index (χ2n) is 4.91. The van der Waals surface area contributed by atoms with Crippen molar-refractivity contribution in [2.24, 2.45) is 0 Å². The minimum atomic E-state index is -0.335. The molecule has 0 aliphatic rings. The van der Waals surface area contributed by atoms with E-state index in [0.717, 1.165) is 12.8 Å². The molecule has 0 aliphatic carbocycles. The molecule has 0 heterocycles. The van der Waals surface area contributed by atoms with Crippen LogP contribution in [0, 0.1) is 5.82 Å². The Hall–Kier alpha value is -2.16. The zero-order valence-electron chi connectivity index (χ0n) is 11.5. The van der Waals surface area contributed by atoms with Crippen LogP contribution >= 0.6 is 0 Å². The number of hydrogen-bond acceptors (Lipinski definition) is 1. The maximum atomic E-state index is 12.8. The molecule has 2 aromatic carbocycles. The van der Waals surface area contributed by atoms with Gasteiger partial charge >= 0.3 is 0 Å². The lowest BCUT2D eigenvalue weighted by molar-refractivity contribution is 0.0938. The van der Waals surface area contributed by atoms with Crippen molar-refractivity contribution in [3.63, 3.8) is 0 Å². The summed E-state index contributed by atoms with van der Waals surface area (Å²) in [5.41, 5.74) is 1.74. The number of rotatable bonds is 5. The molecule has 2 aromatic rings. The molecule has 1 N–H and O–H groups in total. The van der Waals surface area contributed by atoms with Gasteiger partial charge in [0.25, 0.3) is 5.91 Å². The van der Waals surface area contributed by atoms with Crippen molar-refractivity contribution < 1.29 is 9.18 Å². The first kappa shape index (κ1) is 14.3. The Labute approximate surface area is 118 Å². The fourth-order valence-corrected chi connectivity index (χ4v) is 2.01. The fraction of sp³-hybridized carbons (Fsp3) is 0.235. The summed E-state index contributed by atoms with van der Waals surface area (Å²) < 4.78 is 12.8. The molecule has 0 fully saturated rings. The Morgan fingerprint density at radius 2 is 1.75 bits per heavy atom. The molecule has 0 bridgehead atoms. The summed E-state index contributed by atoms with van der Waals surface area (Å²) in [7, 11) is 0. The smallest absolute Gasteiger partial charge is 0.251 e. The van der Waals surface area contributed by atoms with Crippen molar-refractivity contribution in [3.8, 4) is 0 Å². The third-order valence-corrected chi connectivity index (χ3v) is 3.19. The van der Waals surface area contributed by atoms with Gasteiger partial charge in [-0.1, -0.05) is 30.3 Å². The second kappa shape index (κ2) is 6.85. The van der Waals surface area contributed by atoms with Gasteiger partial charge in [-0.3, -0.25) is 4.79 Å². The van der Waals surface area contributed by atoms with Gasteiger partial charge in [-0.05, 0) is 49.6 Å². The van der Waals surface area contributed by atoms with E-state index in [-0.39, 0.29) is 17.8 Å². The third-order valence-electron chi connectivity index (χ3n) is 3.19. The van der Waals surface area contributed by atoms with Crippen molar-refractivity contribution in [1.82, 2.24) is 5.32 Å². The van der Waals surface area contributed by atoms with E-state index in [4.69, 9.17) is 0 Å². The summed E-state index contributed by atoms with van der Waals surface area (Å²) in [4.78, 5) is 11.9. The lowest BCUT2D eigenvalue weighted by Gasteiger charge is -2.14. The van der Waals surface area contributed by atoms with Crippen LogP contribution in [0.2, 0.25) is 0 Å². The van der Waals surface area contributed by atoms with Gasteiger partial charge < -0.3 is 5.32 Å². The quantitative estimate of drug-likeness (QED) is 0.885. The molecule has 104 valence electrons. The van der Waals surface area contributed by atoms with Crippen molar-refractivity contribution in [1.29, 1.82) is 0 Å². The summed E-state index contributed by atoms with van der Waals surface area (Å²) in [5, 5.41) is 2.92. The first-order chi connectivity index (χ1) is 9.65. The van der Waals surface area contributed by atoms with Crippen molar-refractivity contribution in [2.45, 2.75) is 25.8 Å². The van der Waals surface area contributed by atoms with Crippen molar-refractivity contribution in [2.75, 3.05) is 0 Å². The van der Waals surface area contributed by atoms with Crippen LogP contribution in [0.3, 0.4) is 0 Å². The summed E-state index contributed by atoms with van der Waals surface area (Å²) in [5.74, 6) is -0.496. The van der Waals surface area contributed by atoms with E-state index < -0.39 is 0 Å². The van der Waals surface area contributed by atoms with E-state index in [2.05, 4.69) is 17.4 Å². The molecular weight excluding hydrogens is 253 g/mol. The molecule has 0 unspecified atom stereocenters. The van der Waals surface area contributed by atoms with Crippen LogP contribution in [0.25, 0.3) is 0 Å². The molecule has 20 heavy (non-hydrogen) atoms. The minimum Gasteiger partial charge on any atom is -0.350 e. The molecule has 0 saturated heterocycles. The average Bonchev–Trinajstić information content (AvgIpc) is 2.47. The Bertz CT molecular complexity index is 551. The Kier molecular flexibility index (Phi) is 4.88. The number of hydrogen-bond donors (Lipinski definition) is 1. The van der Waals surface area contributed by atoms with E-state index in [1.807, 2.05) is 25.1 Å². The number of carbonyl (C=O) groups is 1. The lowest BCUT2D eigenvalue weighted by Crippen LogP contribution is -2.32. The molecule has 1 amide bonds. The van der Waals surface area contributed by atoms with Crippen LogP contribution in [0.4, 0.5) is 4.39 Å². The van der Waals surface area contributed by atoms with Crippen LogP contribution in [0.1, 0.15) is 29.3 Å². The van der Waals surface area contributed by atoms with Crippen molar-refractivity contribution >= 4 is 5.91 Å². The zero-order chi connectivity index (χ0) is 14.4. The van der Waals surface area contributed by atoms with Gasteiger partial charge in [-0.2, -0.15) is 0 Å². The van der Waals surface area contributed by atoms with E-state index in [9.17, 15) is 9.18 Å². The number of amides is 1. The van der Waals surface area contributed by atoms with Crippen LogP contribution in [-0.2, 0) is 6.42 Å². The van der Waals surface area contributed by atoms with E-state index >= 15 is 0 Å². The summed E-state index contributed by atoms with van der Waals surface area (Å²) in [6.07, 6.45) is 1.79. The summed E-state index contributed by atoms with van der Waals surface area (Å²) in [6.45, 7) is 1.98. The predicted octanol–water partition coefficient (Wildman–Crippen LogP) is 3.58. The third kappa shape index (κ3) is 4.19. The summed E-state index contributed by atoms with van der Waals surface area (Å²) in [6, 6.07) is 15.8. The van der Waals surface area contributed by atoms with Gasteiger partial charge in [0.1, 0.15) is 5.82 Å². The van der Waals surface area contributed by atoms with Gasteiger partial charge in [0.15, 0.2) is 0 Å². The highest BCUT2D eigenvalue weighted by molar-refractivity contribution is 5.94. The van der Waals surface area contributed by atoms with E-state index in [1.54, 1.807) is 0 Å². The Morgan fingerprint density at radius 3 is 2.40 bits per heavy atom. The number of carbonyl (C=O) groups excluding carboxylic acids is 1. The SMILES string of the molecule is C[C@H](CCc1ccccc1)NC(=O)c1ccc(F)cc1. The molecule has 0 aromatic heterocycles. The van der Waals surface area contributed by atoms with Crippen LogP contribution in [-0.4, -0.2) is 11.9 Å². The average molecular weight is 271 g/mol. The van der Waals surface area contributed by atoms with Gasteiger partial charge in [-0.25, -0.2) is 4.39 Å². The monoisotopic (exact) mass is 271 g/mol. The highest BCUT2D eigenvalue weighted by Crippen LogP contribution is 2.07. The van der Waals surface area contributed by atoms with Crippen LogP contribution < -0.4 is 5.32 Å². The Morgan fingerprint density at radius 1 is 1.10 bits per heavy atom. The first-order valence-corrected chi connectivity index (χ1v) is 6.75. The standard InChI is InChI=1S/C17H18FNO/c1-13(7-8-14-5-3-2-4-6-14)19-17(20)15-9-11-16(18)12-10-15/h2-6,9-13H,7-8H2,1H3,(H,19,20)/t13-/m1/s1. The molecule has 3 heteroatoms. The summed E-state index contributed by atoms with van der Waals surface area (Å²) >= 11 is 0. The highest BCUT2D eigenvalue weighted by atomic mass is 19.1. The zero-order valence-corrected chi connectivity index (χ0v) is 11.5. The predicted molar refractivity (Wildman–Crippen MR) is 78.1 cm³/mol. The van der Waals surface area contributed by atoms with Gasteiger partial charge in [0.2, 0.25) is 0 Å². The molecule has 2 nitrogen and oxygen atoms in total. The van der Waals surface area contributed by atoms with Crippen LogP contribution in [0.15, 0.2) is 54.6 Å². The van der Waals surface area contributed by atoms with Crippen LogP contribution in [0.5, 0.6) is 0 Å². The van der Waals surface area contributed by atoms with Gasteiger partial charge in [0, 0.05) is 11.6 Å². The van der Waals surface area contributed by atoms with Gasteiger partial charge in [-0.15, -0.1) is 0 Å². The molecule has 0 radical (unpaired) electrons. The number of halogens is 1. The topological polar surface area (TPSA) is 29.1 Å². The maximum Gasteiger partial charge on any atom is 0.251 e. The van der Waals surface area contributed by atoms with Gasteiger partial charge in [0.05, 0.1) is 0 Å². The molecule has 0 spiro atoms. The largest absolute Gasteiger partial charge is 0.350 e. The molecular formula is C17H18FNO. The number of benzene rings is 2. The maximum absolute atomic E-state index is 12.8. The molecule has 0 saturated carbocycles. The highest BCUT2D eigenvalue weighted by Gasteiger charge is 2.09. The molecule has 2 rings (SSSR count). The second-order valence-corrected chi connectivity index (χ2v) is 4.91. The minimum absolute atomic E-state index is 0.0766. The first-order valence-electron chi connectivity index (χ1n) is 6.75.